The summed E-state index contributed by atoms with van der Waals surface area (Å²) in [6, 6.07) is 4.26. The summed E-state index contributed by atoms with van der Waals surface area (Å²) in [7, 11) is 1.49. The zero-order valence-corrected chi connectivity index (χ0v) is 11.7. The molecule has 0 radical (unpaired) electrons. The number of H-pyrrole nitrogens is 1. The molecule has 1 aromatic carbocycles. The van der Waals surface area contributed by atoms with Crippen LogP contribution in [0.5, 0.6) is 0 Å². The SMILES string of the molecule is Cn1[nH]c(=O)c(=O)nc1Sc1cc(Cl)ccc1C(=O)O. The predicted octanol–water partition coefficient (Wildman–Crippen LogP) is 0.971. The minimum Gasteiger partial charge on any atom is -0.478 e. The molecule has 0 bridgehead atoms. The van der Waals surface area contributed by atoms with Crippen molar-refractivity contribution in [1.82, 2.24) is 14.8 Å². The Morgan fingerprint density at radius 3 is 2.80 bits per heavy atom. The van der Waals surface area contributed by atoms with Crippen LogP contribution in [0.15, 0.2) is 37.8 Å². The van der Waals surface area contributed by atoms with Crippen molar-refractivity contribution in [2.24, 2.45) is 7.05 Å². The fourth-order valence-electron chi connectivity index (χ4n) is 1.41. The Bertz CT molecular complexity index is 799. The Balaban J connectivity index is 2.52. The third-order valence-corrected chi connectivity index (χ3v) is 3.66. The number of halogens is 1. The first kappa shape index (κ1) is 14.4. The first-order valence-corrected chi connectivity index (χ1v) is 6.46. The molecule has 20 heavy (non-hydrogen) atoms. The maximum absolute atomic E-state index is 11.2. The van der Waals surface area contributed by atoms with Gasteiger partial charge in [-0.2, -0.15) is 4.98 Å². The molecule has 0 saturated carbocycles. The van der Waals surface area contributed by atoms with Crippen LogP contribution in [0, 0.1) is 0 Å². The highest BCUT2D eigenvalue weighted by molar-refractivity contribution is 7.99. The standard InChI is InChI=1S/C11H8ClN3O4S/c1-15-11(13-8(16)9(17)14-15)20-7-4-5(12)2-3-6(7)10(18)19/h2-4H,1H3,(H,14,17)(H,18,19). The van der Waals surface area contributed by atoms with Crippen molar-refractivity contribution in [3.8, 4) is 0 Å². The van der Waals surface area contributed by atoms with E-state index in [-0.39, 0.29) is 10.7 Å². The number of nitrogens with zero attached hydrogens (tertiary/aromatic N) is 2. The van der Waals surface area contributed by atoms with Crippen molar-refractivity contribution in [2.75, 3.05) is 0 Å². The Labute approximate surface area is 121 Å². The molecular weight excluding hydrogens is 306 g/mol. The molecule has 0 saturated heterocycles. The van der Waals surface area contributed by atoms with Gasteiger partial charge in [0.15, 0.2) is 5.16 Å². The van der Waals surface area contributed by atoms with E-state index < -0.39 is 17.1 Å². The van der Waals surface area contributed by atoms with Crippen LogP contribution >= 0.6 is 23.4 Å². The summed E-state index contributed by atoms with van der Waals surface area (Å²) in [4.78, 5) is 37.4. The maximum atomic E-state index is 11.2. The van der Waals surface area contributed by atoms with E-state index in [4.69, 9.17) is 16.7 Å². The highest BCUT2D eigenvalue weighted by Gasteiger charge is 2.14. The lowest BCUT2D eigenvalue weighted by atomic mass is 10.2. The summed E-state index contributed by atoms with van der Waals surface area (Å²) < 4.78 is 1.24. The first-order chi connectivity index (χ1) is 9.38. The first-order valence-electron chi connectivity index (χ1n) is 5.26. The molecule has 0 spiro atoms. The number of aromatic nitrogens is 3. The molecule has 0 unspecified atom stereocenters. The number of aromatic carboxylic acids is 1. The van der Waals surface area contributed by atoms with Gasteiger partial charge in [0.1, 0.15) is 0 Å². The van der Waals surface area contributed by atoms with Crippen LogP contribution in [-0.2, 0) is 7.05 Å². The summed E-state index contributed by atoms with van der Waals surface area (Å²) in [6.45, 7) is 0. The van der Waals surface area contributed by atoms with Crippen molar-refractivity contribution in [3.63, 3.8) is 0 Å². The number of carbonyl (C=O) groups is 1. The van der Waals surface area contributed by atoms with Crippen molar-refractivity contribution < 1.29 is 9.90 Å². The fraction of sp³-hybridized carbons (Fsp3) is 0.0909. The highest BCUT2D eigenvalue weighted by Crippen LogP contribution is 2.30. The number of hydrogen-bond acceptors (Lipinski definition) is 5. The molecule has 1 aromatic heterocycles. The molecule has 104 valence electrons. The highest BCUT2D eigenvalue weighted by atomic mass is 35.5. The van der Waals surface area contributed by atoms with Crippen LogP contribution in [0.3, 0.4) is 0 Å². The average molecular weight is 314 g/mol. The Kier molecular flexibility index (Phi) is 3.96. The van der Waals surface area contributed by atoms with Gasteiger partial charge in [0.2, 0.25) is 0 Å². The topological polar surface area (TPSA) is 105 Å². The second-order valence-corrected chi connectivity index (χ2v) is 5.19. The van der Waals surface area contributed by atoms with Crippen LogP contribution in [-0.4, -0.2) is 25.8 Å². The molecule has 0 aliphatic carbocycles. The Morgan fingerprint density at radius 1 is 1.45 bits per heavy atom. The molecule has 1 heterocycles. The zero-order valence-electron chi connectivity index (χ0n) is 10.1. The zero-order chi connectivity index (χ0) is 14.9. The van der Waals surface area contributed by atoms with Gasteiger partial charge in [-0.1, -0.05) is 11.6 Å². The molecule has 0 atom stereocenters. The van der Waals surface area contributed by atoms with Gasteiger partial charge in [-0.25, -0.2) is 4.79 Å². The summed E-state index contributed by atoms with van der Waals surface area (Å²) in [6.07, 6.45) is 0. The predicted molar refractivity (Wildman–Crippen MR) is 72.6 cm³/mol. The monoisotopic (exact) mass is 313 g/mol. The van der Waals surface area contributed by atoms with Crippen LogP contribution < -0.4 is 11.1 Å². The lowest BCUT2D eigenvalue weighted by Gasteiger charge is -2.08. The lowest BCUT2D eigenvalue weighted by Crippen LogP contribution is -2.33. The number of carboxylic acid groups (broad SMARTS) is 1. The van der Waals surface area contributed by atoms with E-state index in [2.05, 4.69) is 10.1 Å². The number of rotatable bonds is 3. The van der Waals surface area contributed by atoms with E-state index in [9.17, 15) is 14.4 Å². The number of hydrogen-bond donors (Lipinski definition) is 2. The second kappa shape index (κ2) is 5.51. The van der Waals surface area contributed by atoms with Gasteiger partial charge in [0.05, 0.1) is 5.56 Å². The quantitative estimate of drug-likeness (QED) is 0.818. The van der Waals surface area contributed by atoms with E-state index in [1.165, 1.54) is 29.9 Å². The van der Waals surface area contributed by atoms with Crippen LogP contribution in [0.1, 0.15) is 10.4 Å². The van der Waals surface area contributed by atoms with E-state index in [0.717, 1.165) is 11.8 Å². The van der Waals surface area contributed by atoms with Crippen LogP contribution in [0.4, 0.5) is 0 Å². The third-order valence-electron chi connectivity index (χ3n) is 2.32. The molecule has 9 heteroatoms. The largest absolute Gasteiger partial charge is 0.478 e. The van der Waals surface area contributed by atoms with Crippen LogP contribution in [0.25, 0.3) is 0 Å². The van der Waals surface area contributed by atoms with E-state index in [1.54, 1.807) is 0 Å². The molecule has 0 aliphatic rings. The summed E-state index contributed by atoms with van der Waals surface area (Å²) in [5, 5.41) is 11.9. The number of nitrogens with one attached hydrogen (secondary N) is 1. The van der Waals surface area contributed by atoms with Crippen molar-refractivity contribution in [1.29, 1.82) is 0 Å². The van der Waals surface area contributed by atoms with Crippen molar-refractivity contribution >= 4 is 29.3 Å². The number of carboxylic acids is 1. The van der Waals surface area contributed by atoms with Gasteiger partial charge in [0.25, 0.3) is 0 Å². The number of aryl methyl sites for hydroxylation is 1. The van der Waals surface area contributed by atoms with Gasteiger partial charge in [-0.3, -0.25) is 19.4 Å². The van der Waals surface area contributed by atoms with Gasteiger partial charge >= 0.3 is 17.1 Å². The van der Waals surface area contributed by atoms with Gasteiger partial charge in [0, 0.05) is 17.0 Å². The fourth-order valence-corrected chi connectivity index (χ4v) is 2.60. The lowest BCUT2D eigenvalue weighted by molar-refractivity contribution is 0.0693. The minimum atomic E-state index is -1.13. The molecule has 7 nitrogen and oxygen atoms in total. The molecule has 0 amide bonds. The Morgan fingerprint density at radius 2 is 2.15 bits per heavy atom. The summed E-state index contributed by atoms with van der Waals surface area (Å²) >= 11 is 6.75. The summed E-state index contributed by atoms with van der Waals surface area (Å²) in [5.74, 6) is -1.13. The van der Waals surface area contributed by atoms with Crippen LogP contribution in [0.2, 0.25) is 5.02 Å². The van der Waals surface area contributed by atoms with Crippen molar-refractivity contribution in [2.45, 2.75) is 10.1 Å². The normalized spacial score (nSPS) is 10.5. The second-order valence-electron chi connectivity index (χ2n) is 3.75. The smallest absolute Gasteiger partial charge is 0.339 e. The van der Waals surface area contributed by atoms with E-state index in [0.29, 0.717) is 9.92 Å². The third kappa shape index (κ3) is 2.91. The molecular formula is C11H8ClN3O4S. The van der Waals surface area contributed by atoms with Gasteiger partial charge in [-0.05, 0) is 30.0 Å². The molecule has 2 rings (SSSR count). The van der Waals surface area contributed by atoms with Gasteiger partial charge < -0.3 is 5.11 Å². The number of benzene rings is 1. The van der Waals surface area contributed by atoms with Crippen molar-refractivity contribution in [3.05, 3.63) is 49.5 Å². The minimum absolute atomic E-state index is 0.0276. The van der Waals surface area contributed by atoms with Gasteiger partial charge in [-0.15, -0.1) is 0 Å². The number of aromatic amines is 1. The molecule has 2 N–H and O–H groups in total. The van der Waals surface area contributed by atoms with E-state index in [1.807, 2.05) is 0 Å². The van der Waals surface area contributed by atoms with E-state index >= 15 is 0 Å². The Hall–Kier alpha value is -2.06. The molecule has 0 fully saturated rings. The molecule has 0 aliphatic heterocycles. The average Bonchev–Trinajstić information content (AvgIpc) is 2.35. The summed E-state index contributed by atoms with van der Waals surface area (Å²) in [5.41, 5.74) is -1.76. The maximum Gasteiger partial charge on any atom is 0.339 e. The molecule has 2 aromatic rings.